The number of benzene rings is 1. The van der Waals surface area contributed by atoms with Crippen LogP contribution in [0, 0.1) is 5.92 Å². The van der Waals surface area contributed by atoms with Crippen LogP contribution in [0.2, 0.25) is 0 Å². The molecule has 1 unspecified atom stereocenters. The van der Waals surface area contributed by atoms with Gasteiger partial charge in [0.25, 0.3) is 0 Å². The van der Waals surface area contributed by atoms with Gasteiger partial charge in [0.2, 0.25) is 11.8 Å². The van der Waals surface area contributed by atoms with Gasteiger partial charge in [0.15, 0.2) is 0 Å². The Morgan fingerprint density at radius 2 is 2.00 bits per heavy atom. The summed E-state index contributed by atoms with van der Waals surface area (Å²) in [5, 5.41) is 0. The lowest BCUT2D eigenvalue weighted by Crippen LogP contribution is -2.47. The lowest BCUT2D eigenvalue weighted by atomic mass is 10.1. The average molecular weight is 232 g/mol. The van der Waals surface area contributed by atoms with Crippen LogP contribution in [0.15, 0.2) is 24.3 Å². The molecule has 1 atom stereocenters. The van der Waals surface area contributed by atoms with Crippen LogP contribution in [-0.4, -0.2) is 17.9 Å². The maximum Gasteiger partial charge on any atom is 0.240 e. The third-order valence-electron chi connectivity index (χ3n) is 3.04. The maximum absolute atomic E-state index is 12.1. The van der Waals surface area contributed by atoms with E-state index in [2.05, 4.69) is 0 Å². The van der Waals surface area contributed by atoms with Crippen LogP contribution in [0.3, 0.4) is 0 Å². The standard InChI is InChI=1S/C13H16N2O2/c1-8(2)13(17)15-10-6-4-3-5-9(10)7-11(15)12(14)16/h3-6,8,11H,7H2,1-2H3,(H2,14,16). The van der Waals surface area contributed by atoms with Crippen molar-refractivity contribution in [2.45, 2.75) is 26.3 Å². The molecule has 4 heteroatoms. The summed E-state index contributed by atoms with van der Waals surface area (Å²) >= 11 is 0. The molecule has 4 nitrogen and oxygen atoms in total. The van der Waals surface area contributed by atoms with Crippen molar-refractivity contribution in [1.82, 2.24) is 0 Å². The van der Waals surface area contributed by atoms with Gasteiger partial charge in [-0.1, -0.05) is 32.0 Å². The smallest absolute Gasteiger partial charge is 0.240 e. The molecule has 0 fully saturated rings. The van der Waals surface area contributed by atoms with Gasteiger partial charge in [-0.3, -0.25) is 14.5 Å². The SMILES string of the molecule is CC(C)C(=O)N1c2ccccc2CC1C(N)=O. The van der Waals surface area contributed by atoms with Crippen molar-refractivity contribution >= 4 is 17.5 Å². The van der Waals surface area contributed by atoms with Gasteiger partial charge in [-0.2, -0.15) is 0 Å². The molecule has 1 aliphatic heterocycles. The summed E-state index contributed by atoms with van der Waals surface area (Å²) in [6.07, 6.45) is 0.518. The van der Waals surface area contributed by atoms with E-state index in [1.807, 2.05) is 38.1 Å². The first-order valence-corrected chi connectivity index (χ1v) is 5.72. The number of anilines is 1. The number of carbonyl (C=O) groups is 2. The van der Waals surface area contributed by atoms with E-state index in [1.165, 1.54) is 0 Å². The van der Waals surface area contributed by atoms with E-state index in [0.717, 1.165) is 11.3 Å². The zero-order valence-electron chi connectivity index (χ0n) is 10.0. The van der Waals surface area contributed by atoms with Crippen molar-refractivity contribution in [2.75, 3.05) is 4.90 Å². The van der Waals surface area contributed by atoms with Crippen LogP contribution in [0.1, 0.15) is 19.4 Å². The molecule has 0 spiro atoms. The molecule has 0 saturated heterocycles. The van der Waals surface area contributed by atoms with E-state index in [-0.39, 0.29) is 11.8 Å². The Labute approximate surface area is 100 Å². The van der Waals surface area contributed by atoms with Crippen molar-refractivity contribution in [3.63, 3.8) is 0 Å². The highest BCUT2D eigenvalue weighted by Crippen LogP contribution is 2.32. The third kappa shape index (κ3) is 1.90. The Morgan fingerprint density at radius 3 is 2.59 bits per heavy atom. The van der Waals surface area contributed by atoms with Crippen molar-refractivity contribution in [3.8, 4) is 0 Å². The fourth-order valence-electron chi connectivity index (χ4n) is 2.16. The molecule has 1 heterocycles. The summed E-state index contributed by atoms with van der Waals surface area (Å²) < 4.78 is 0. The number of para-hydroxylation sites is 1. The zero-order chi connectivity index (χ0) is 12.6. The van der Waals surface area contributed by atoms with Crippen molar-refractivity contribution < 1.29 is 9.59 Å². The van der Waals surface area contributed by atoms with Crippen molar-refractivity contribution in [3.05, 3.63) is 29.8 Å². The molecule has 0 aliphatic carbocycles. The second kappa shape index (κ2) is 4.20. The van der Waals surface area contributed by atoms with E-state index < -0.39 is 11.9 Å². The zero-order valence-corrected chi connectivity index (χ0v) is 10.0. The Kier molecular flexibility index (Phi) is 2.88. The first kappa shape index (κ1) is 11.6. The molecule has 1 aromatic rings. The van der Waals surface area contributed by atoms with Crippen LogP contribution >= 0.6 is 0 Å². The van der Waals surface area contributed by atoms with Gasteiger partial charge in [-0.25, -0.2) is 0 Å². The molecule has 17 heavy (non-hydrogen) atoms. The van der Waals surface area contributed by atoms with E-state index >= 15 is 0 Å². The molecule has 90 valence electrons. The predicted octanol–water partition coefficient (Wildman–Crippen LogP) is 1.09. The number of nitrogens with zero attached hydrogens (tertiary/aromatic N) is 1. The summed E-state index contributed by atoms with van der Waals surface area (Å²) in [7, 11) is 0. The van der Waals surface area contributed by atoms with E-state index in [4.69, 9.17) is 5.73 Å². The van der Waals surface area contributed by atoms with Gasteiger partial charge < -0.3 is 5.73 Å². The minimum atomic E-state index is -0.540. The molecule has 0 aromatic heterocycles. The number of primary amides is 1. The Balaban J connectivity index is 2.44. The van der Waals surface area contributed by atoms with Crippen LogP contribution in [0.4, 0.5) is 5.69 Å². The summed E-state index contributed by atoms with van der Waals surface area (Å²) in [6, 6.07) is 7.02. The van der Waals surface area contributed by atoms with Crippen LogP contribution in [-0.2, 0) is 16.0 Å². The van der Waals surface area contributed by atoms with E-state index in [9.17, 15) is 9.59 Å². The van der Waals surface area contributed by atoms with Gasteiger partial charge in [-0.15, -0.1) is 0 Å². The molecule has 2 N–H and O–H groups in total. The summed E-state index contributed by atoms with van der Waals surface area (Å²) in [5.74, 6) is -0.656. The second-order valence-corrected chi connectivity index (χ2v) is 4.61. The maximum atomic E-state index is 12.1. The molecule has 1 aliphatic rings. The minimum absolute atomic E-state index is 0.0567. The van der Waals surface area contributed by atoms with Gasteiger partial charge >= 0.3 is 0 Å². The number of carbonyl (C=O) groups excluding carboxylic acids is 2. The number of rotatable bonds is 2. The summed E-state index contributed by atoms with van der Waals surface area (Å²) in [4.78, 5) is 25.1. The highest BCUT2D eigenvalue weighted by Gasteiger charge is 2.37. The lowest BCUT2D eigenvalue weighted by Gasteiger charge is -2.25. The predicted molar refractivity (Wildman–Crippen MR) is 65.5 cm³/mol. The first-order chi connectivity index (χ1) is 8.02. The quantitative estimate of drug-likeness (QED) is 0.829. The molecule has 1 aromatic carbocycles. The Hall–Kier alpha value is -1.84. The Morgan fingerprint density at radius 1 is 1.35 bits per heavy atom. The average Bonchev–Trinajstić information content (AvgIpc) is 2.67. The van der Waals surface area contributed by atoms with E-state index in [1.54, 1.807) is 4.90 Å². The number of fused-ring (bicyclic) bond motifs is 1. The van der Waals surface area contributed by atoms with Gasteiger partial charge in [0.1, 0.15) is 6.04 Å². The monoisotopic (exact) mass is 232 g/mol. The van der Waals surface area contributed by atoms with Gasteiger partial charge in [0.05, 0.1) is 0 Å². The third-order valence-corrected chi connectivity index (χ3v) is 3.04. The molecule has 0 radical (unpaired) electrons. The van der Waals surface area contributed by atoms with Gasteiger partial charge in [0, 0.05) is 18.0 Å². The normalized spacial score (nSPS) is 18.3. The second-order valence-electron chi connectivity index (χ2n) is 4.61. The fourth-order valence-corrected chi connectivity index (χ4v) is 2.16. The lowest BCUT2D eigenvalue weighted by molar-refractivity contribution is -0.125. The minimum Gasteiger partial charge on any atom is -0.368 e. The number of nitrogens with two attached hydrogens (primary N) is 1. The van der Waals surface area contributed by atoms with Gasteiger partial charge in [-0.05, 0) is 11.6 Å². The number of hydrogen-bond donors (Lipinski definition) is 1. The summed E-state index contributed by atoms with van der Waals surface area (Å²) in [5.41, 5.74) is 7.19. The van der Waals surface area contributed by atoms with Crippen molar-refractivity contribution in [1.29, 1.82) is 0 Å². The first-order valence-electron chi connectivity index (χ1n) is 5.72. The van der Waals surface area contributed by atoms with E-state index in [0.29, 0.717) is 6.42 Å². The fraction of sp³-hybridized carbons (Fsp3) is 0.385. The molecular weight excluding hydrogens is 216 g/mol. The number of hydrogen-bond acceptors (Lipinski definition) is 2. The molecule has 0 bridgehead atoms. The largest absolute Gasteiger partial charge is 0.368 e. The molecule has 0 saturated carbocycles. The molecule has 2 amide bonds. The van der Waals surface area contributed by atoms with Crippen molar-refractivity contribution in [2.24, 2.45) is 11.7 Å². The van der Waals surface area contributed by atoms with Crippen LogP contribution in [0.25, 0.3) is 0 Å². The molecule has 2 rings (SSSR count). The highest BCUT2D eigenvalue weighted by molar-refractivity contribution is 6.03. The van der Waals surface area contributed by atoms with Crippen LogP contribution < -0.4 is 10.6 Å². The number of amides is 2. The topological polar surface area (TPSA) is 63.4 Å². The Bertz CT molecular complexity index is 468. The van der Waals surface area contributed by atoms with Crippen LogP contribution in [0.5, 0.6) is 0 Å². The summed E-state index contributed by atoms with van der Waals surface area (Å²) in [6.45, 7) is 3.64. The molecular formula is C13H16N2O2. The highest BCUT2D eigenvalue weighted by atomic mass is 16.2.